The third-order valence-corrected chi connectivity index (χ3v) is 3.52. The number of hydrogen-bond acceptors (Lipinski definition) is 2. The summed E-state index contributed by atoms with van der Waals surface area (Å²) in [5.74, 6) is 0. The fraction of sp³-hybridized carbons (Fsp3) is 0.333. The van der Waals surface area contributed by atoms with Gasteiger partial charge in [0.15, 0.2) is 5.66 Å². The van der Waals surface area contributed by atoms with E-state index in [9.17, 15) is 9.59 Å². The molecule has 0 amide bonds. The number of aromatic nitrogens is 2. The van der Waals surface area contributed by atoms with Gasteiger partial charge in [0, 0.05) is 0 Å². The maximum absolute atomic E-state index is 12.1. The largest absolute Gasteiger partial charge is 0.275 e. The number of fused-ring (bicyclic) bond motifs is 2. The summed E-state index contributed by atoms with van der Waals surface area (Å²) in [6.07, 6.45) is 0.748. The van der Waals surface area contributed by atoms with Crippen molar-refractivity contribution in [2.75, 3.05) is 0 Å². The van der Waals surface area contributed by atoms with Crippen LogP contribution in [-0.2, 0) is 5.66 Å². The van der Waals surface area contributed by atoms with Crippen LogP contribution in [0.3, 0.4) is 0 Å². The van der Waals surface area contributed by atoms with Gasteiger partial charge in [0.2, 0.25) is 0 Å². The van der Waals surface area contributed by atoms with Crippen LogP contribution in [0.15, 0.2) is 33.9 Å². The summed E-state index contributed by atoms with van der Waals surface area (Å²) in [6.45, 7) is 3.89. The molecule has 0 fully saturated rings. The molecule has 4 heteroatoms. The fourth-order valence-electron chi connectivity index (χ4n) is 2.33. The third-order valence-electron chi connectivity index (χ3n) is 3.52. The van der Waals surface area contributed by atoms with Gasteiger partial charge in [0.25, 0.3) is 11.1 Å². The molecule has 3 rings (SSSR count). The molecule has 82 valence electrons. The second-order valence-electron chi connectivity index (χ2n) is 4.35. The molecule has 0 unspecified atom stereocenters. The molecule has 1 aromatic heterocycles. The van der Waals surface area contributed by atoms with Crippen LogP contribution in [0.5, 0.6) is 0 Å². The molecule has 2 heterocycles. The zero-order valence-electron chi connectivity index (χ0n) is 9.23. The predicted octanol–water partition coefficient (Wildman–Crippen LogP) is 1.11. The lowest BCUT2D eigenvalue weighted by atomic mass is 10.2. The molecule has 0 saturated carbocycles. The lowest BCUT2D eigenvalue weighted by Crippen LogP contribution is -2.18. The molecule has 1 aliphatic heterocycles. The van der Waals surface area contributed by atoms with E-state index >= 15 is 0 Å². The standard InChI is InChI=1S/C12H12N2O2/c1-3-12(2)13-10(15)8-6-4-5-7-9(8)11(16)14(12)13/h4-7H,3H2,1-2H3. The zero-order chi connectivity index (χ0) is 11.5. The van der Waals surface area contributed by atoms with Crippen molar-refractivity contribution in [3.8, 4) is 0 Å². The molecule has 2 aromatic rings. The Morgan fingerprint density at radius 3 is 1.88 bits per heavy atom. The molecule has 16 heavy (non-hydrogen) atoms. The highest BCUT2D eigenvalue weighted by atomic mass is 16.2. The van der Waals surface area contributed by atoms with Crippen molar-refractivity contribution >= 4 is 10.8 Å². The quantitative estimate of drug-likeness (QED) is 0.716. The monoisotopic (exact) mass is 216 g/mol. The Labute approximate surface area is 91.7 Å². The van der Waals surface area contributed by atoms with Crippen molar-refractivity contribution in [2.45, 2.75) is 25.9 Å². The third kappa shape index (κ3) is 0.852. The molecule has 1 aliphatic rings. The Bertz CT molecular complexity index is 653. The van der Waals surface area contributed by atoms with Crippen LogP contribution in [0.4, 0.5) is 0 Å². The summed E-state index contributed by atoms with van der Waals surface area (Å²) in [7, 11) is 0. The van der Waals surface area contributed by atoms with Crippen LogP contribution in [-0.4, -0.2) is 9.36 Å². The topological polar surface area (TPSA) is 44.0 Å². The Kier molecular flexibility index (Phi) is 1.55. The molecule has 0 radical (unpaired) electrons. The SMILES string of the molecule is CCC1(C)n2c(=O)c3ccccc3c(=O)n21. The minimum atomic E-state index is -0.423. The van der Waals surface area contributed by atoms with Gasteiger partial charge in [0.1, 0.15) is 0 Å². The molecular formula is C12H12N2O2. The van der Waals surface area contributed by atoms with Crippen molar-refractivity contribution in [1.82, 2.24) is 9.36 Å². The van der Waals surface area contributed by atoms with Crippen LogP contribution < -0.4 is 11.1 Å². The molecule has 0 N–H and O–H groups in total. The number of benzene rings is 1. The average Bonchev–Trinajstić information content (AvgIpc) is 2.94. The van der Waals surface area contributed by atoms with Gasteiger partial charge in [-0.25, -0.2) is 9.36 Å². The van der Waals surface area contributed by atoms with E-state index in [0.29, 0.717) is 10.8 Å². The summed E-state index contributed by atoms with van der Waals surface area (Å²) in [4.78, 5) is 24.2. The van der Waals surface area contributed by atoms with Gasteiger partial charge in [-0.15, -0.1) is 0 Å². The van der Waals surface area contributed by atoms with Gasteiger partial charge < -0.3 is 0 Å². The Morgan fingerprint density at radius 2 is 1.50 bits per heavy atom. The van der Waals surface area contributed by atoms with Gasteiger partial charge >= 0.3 is 0 Å². The van der Waals surface area contributed by atoms with Crippen LogP contribution in [0.25, 0.3) is 10.8 Å². The minimum absolute atomic E-state index is 0.0699. The van der Waals surface area contributed by atoms with E-state index in [1.165, 1.54) is 0 Å². The summed E-state index contributed by atoms with van der Waals surface area (Å²) in [5.41, 5.74) is -0.563. The fourth-order valence-corrected chi connectivity index (χ4v) is 2.33. The molecule has 0 saturated heterocycles. The first kappa shape index (κ1) is 9.39. The molecule has 0 aliphatic carbocycles. The number of hydrogen-bond donors (Lipinski definition) is 0. The van der Waals surface area contributed by atoms with Gasteiger partial charge in [0.05, 0.1) is 10.8 Å². The Morgan fingerprint density at radius 1 is 1.06 bits per heavy atom. The van der Waals surface area contributed by atoms with E-state index in [1.807, 2.05) is 13.8 Å². The second kappa shape index (κ2) is 2.64. The Hall–Kier alpha value is -1.84. The van der Waals surface area contributed by atoms with Crippen molar-refractivity contribution in [3.05, 3.63) is 45.0 Å². The van der Waals surface area contributed by atoms with Crippen molar-refractivity contribution in [1.29, 1.82) is 0 Å². The van der Waals surface area contributed by atoms with Gasteiger partial charge in [-0.05, 0) is 25.5 Å². The van der Waals surface area contributed by atoms with Crippen LogP contribution in [0.1, 0.15) is 20.3 Å². The van der Waals surface area contributed by atoms with Crippen LogP contribution >= 0.6 is 0 Å². The smallest absolute Gasteiger partial charge is 0.267 e. The lowest BCUT2D eigenvalue weighted by Gasteiger charge is -1.97. The average molecular weight is 216 g/mol. The normalized spacial score (nSPS) is 16.1. The molecule has 4 nitrogen and oxygen atoms in total. The van der Waals surface area contributed by atoms with E-state index in [2.05, 4.69) is 0 Å². The number of rotatable bonds is 1. The van der Waals surface area contributed by atoms with Crippen LogP contribution in [0.2, 0.25) is 0 Å². The highest BCUT2D eigenvalue weighted by molar-refractivity contribution is 5.80. The van der Waals surface area contributed by atoms with Crippen LogP contribution in [0, 0.1) is 0 Å². The highest BCUT2D eigenvalue weighted by Gasteiger charge is 2.47. The maximum Gasteiger partial charge on any atom is 0.275 e. The molecule has 0 atom stereocenters. The first-order valence-corrected chi connectivity index (χ1v) is 5.39. The predicted molar refractivity (Wildman–Crippen MR) is 61.8 cm³/mol. The molecule has 0 bridgehead atoms. The van der Waals surface area contributed by atoms with Crippen molar-refractivity contribution in [3.63, 3.8) is 0 Å². The van der Waals surface area contributed by atoms with E-state index in [0.717, 1.165) is 6.42 Å². The number of nitrogens with zero attached hydrogens (tertiary/aromatic N) is 2. The van der Waals surface area contributed by atoms with E-state index < -0.39 is 5.66 Å². The second-order valence-corrected chi connectivity index (χ2v) is 4.35. The molecular weight excluding hydrogens is 204 g/mol. The summed E-state index contributed by atoms with van der Waals surface area (Å²) >= 11 is 0. The highest BCUT2D eigenvalue weighted by Crippen LogP contribution is 2.31. The zero-order valence-corrected chi connectivity index (χ0v) is 9.23. The van der Waals surface area contributed by atoms with Gasteiger partial charge in [-0.3, -0.25) is 9.59 Å². The maximum atomic E-state index is 12.1. The molecule has 1 aromatic carbocycles. The van der Waals surface area contributed by atoms with E-state index in [-0.39, 0.29) is 11.1 Å². The summed E-state index contributed by atoms with van der Waals surface area (Å²) in [5, 5.41) is 1.03. The first-order valence-electron chi connectivity index (χ1n) is 5.39. The molecule has 0 spiro atoms. The Balaban J connectivity index is 2.54. The van der Waals surface area contributed by atoms with Gasteiger partial charge in [-0.2, -0.15) is 0 Å². The summed E-state index contributed by atoms with van der Waals surface area (Å²) in [6, 6.07) is 6.99. The van der Waals surface area contributed by atoms with Crippen molar-refractivity contribution < 1.29 is 0 Å². The lowest BCUT2D eigenvalue weighted by molar-refractivity contribution is 0.507. The summed E-state index contributed by atoms with van der Waals surface area (Å²) < 4.78 is 3.11. The van der Waals surface area contributed by atoms with E-state index in [1.54, 1.807) is 33.6 Å². The minimum Gasteiger partial charge on any atom is -0.267 e. The van der Waals surface area contributed by atoms with E-state index in [4.69, 9.17) is 0 Å². The van der Waals surface area contributed by atoms with Gasteiger partial charge in [-0.1, -0.05) is 19.1 Å². The first-order chi connectivity index (χ1) is 7.61. The van der Waals surface area contributed by atoms with Crippen molar-refractivity contribution in [2.24, 2.45) is 0 Å².